The Balaban J connectivity index is 2.10. The molecule has 2 nitrogen and oxygen atoms in total. The van der Waals surface area contributed by atoms with Gasteiger partial charge in [-0.15, -0.1) is 0 Å². The molecule has 2 N–H and O–H groups in total. The van der Waals surface area contributed by atoms with Crippen molar-refractivity contribution in [1.82, 2.24) is 0 Å². The molecule has 2 aromatic carbocycles. The molecule has 19 heavy (non-hydrogen) atoms. The van der Waals surface area contributed by atoms with Gasteiger partial charge >= 0.3 is 0 Å². The molecular weight excluding hydrogens is 256 g/mol. The normalized spacial score (nSPS) is 10.5. The molecule has 0 saturated heterocycles. The van der Waals surface area contributed by atoms with Gasteiger partial charge in [-0.1, -0.05) is 36.7 Å². The molecule has 0 heterocycles. The van der Waals surface area contributed by atoms with E-state index in [0.29, 0.717) is 10.7 Å². The van der Waals surface area contributed by atoms with Crippen molar-refractivity contribution in [2.24, 2.45) is 0 Å². The van der Waals surface area contributed by atoms with Gasteiger partial charge in [0.2, 0.25) is 0 Å². The van der Waals surface area contributed by atoms with E-state index in [9.17, 15) is 0 Å². The smallest absolute Gasteiger partial charge is 0.0638 e. The molecule has 100 valence electrons. The summed E-state index contributed by atoms with van der Waals surface area (Å²) in [4.78, 5) is 2.20. The minimum absolute atomic E-state index is 0.618. The van der Waals surface area contributed by atoms with Gasteiger partial charge in [0, 0.05) is 19.3 Å². The van der Waals surface area contributed by atoms with Crippen molar-refractivity contribution in [2.75, 3.05) is 17.7 Å². The standard InChI is InChI=1S/C16H19ClN2/c1-3-12-4-7-14(8-5-12)19(2)11-13-6-9-16(18)15(17)10-13/h4-10H,3,11,18H2,1-2H3. The Labute approximate surface area is 119 Å². The summed E-state index contributed by atoms with van der Waals surface area (Å²) in [5.41, 5.74) is 10.0. The number of rotatable bonds is 4. The lowest BCUT2D eigenvalue weighted by atomic mass is 10.1. The van der Waals surface area contributed by atoms with Gasteiger partial charge in [-0.25, -0.2) is 0 Å². The molecule has 3 heteroatoms. The van der Waals surface area contributed by atoms with Gasteiger partial charge in [0.25, 0.3) is 0 Å². The van der Waals surface area contributed by atoms with Crippen molar-refractivity contribution in [1.29, 1.82) is 0 Å². The Morgan fingerprint density at radius 2 is 1.68 bits per heavy atom. The Hall–Kier alpha value is -1.67. The monoisotopic (exact) mass is 274 g/mol. The van der Waals surface area contributed by atoms with E-state index in [1.165, 1.54) is 11.3 Å². The van der Waals surface area contributed by atoms with Crippen LogP contribution in [-0.4, -0.2) is 7.05 Å². The zero-order chi connectivity index (χ0) is 13.8. The minimum Gasteiger partial charge on any atom is -0.398 e. The van der Waals surface area contributed by atoms with Crippen LogP contribution < -0.4 is 10.6 Å². The fourth-order valence-electron chi connectivity index (χ4n) is 2.02. The first kappa shape index (κ1) is 13.8. The summed E-state index contributed by atoms with van der Waals surface area (Å²) >= 11 is 6.04. The summed E-state index contributed by atoms with van der Waals surface area (Å²) in [5.74, 6) is 0. The maximum absolute atomic E-state index is 6.04. The molecule has 0 bridgehead atoms. The van der Waals surface area contributed by atoms with Gasteiger partial charge in [-0.05, 0) is 41.8 Å². The van der Waals surface area contributed by atoms with Gasteiger partial charge in [-0.3, -0.25) is 0 Å². The van der Waals surface area contributed by atoms with E-state index in [0.717, 1.165) is 18.5 Å². The van der Waals surface area contributed by atoms with Crippen molar-refractivity contribution < 1.29 is 0 Å². The predicted molar refractivity (Wildman–Crippen MR) is 83.8 cm³/mol. The van der Waals surface area contributed by atoms with E-state index in [1.807, 2.05) is 18.2 Å². The highest BCUT2D eigenvalue weighted by atomic mass is 35.5. The maximum Gasteiger partial charge on any atom is 0.0638 e. The molecule has 0 aliphatic rings. The SMILES string of the molecule is CCc1ccc(N(C)Cc2ccc(N)c(Cl)c2)cc1. The number of anilines is 2. The largest absolute Gasteiger partial charge is 0.398 e. The number of nitrogens with zero attached hydrogens (tertiary/aromatic N) is 1. The molecule has 0 atom stereocenters. The molecule has 0 fully saturated rings. The summed E-state index contributed by atoms with van der Waals surface area (Å²) in [6.07, 6.45) is 1.07. The average Bonchev–Trinajstić information content (AvgIpc) is 2.43. The van der Waals surface area contributed by atoms with E-state index in [1.54, 1.807) is 0 Å². The summed E-state index contributed by atoms with van der Waals surface area (Å²) in [6.45, 7) is 2.97. The van der Waals surface area contributed by atoms with E-state index in [-0.39, 0.29) is 0 Å². The average molecular weight is 275 g/mol. The van der Waals surface area contributed by atoms with Crippen LogP contribution in [-0.2, 0) is 13.0 Å². The number of hydrogen-bond donors (Lipinski definition) is 1. The molecule has 0 aliphatic carbocycles. The topological polar surface area (TPSA) is 29.3 Å². The zero-order valence-electron chi connectivity index (χ0n) is 11.4. The van der Waals surface area contributed by atoms with Gasteiger partial charge in [0.05, 0.1) is 10.7 Å². The summed E-state index contributed by atoms with van der Waals surface area (Å²) in [7, 11) is 2.07. The van der Waals surface area contributed by atoms with Gasteiger partial charge in [0.15, 0.2) is 0 Å². The fourth-order valence-corrected chi connectivity index (χ4v) is 2.22. The highest BCUT2D eigenvalue weighted by molar-refractivity contribution is 6.33. The van der Waals surface area contributed by atoms with Gasteiger partial charge < -0.3 is 10.6 Å². The van der Waals surface area contributed by atoms with Crippen LogP contribution in [0.15, 0.2) is 42.5 Å². The van der Waals surface area contributed by atoms with Crippen LogP contribution >= 0.6 is 11.6 Å². The molecule has 0 aliphatic heterocycles. The highest BCUT2D eigenvalue weighted by Gasteiger charge is 2.04. The third-order valence-electron chi connectivity index (χ3n) is 3.27. The first-order valence-electron chi connectivity index (χ1n) is 6.44. The summed E-state index contributed by atoms with van der Waals surface area (Å²) in [5, 5.41) is 0.618. The maximum atomic E-state index is 6.04. The fraction of sp³-hybridized carbons (Fsp3) is 0.250. The van der Waals surface area contributed by atoms with Crippen LogP contribution in [0.1, 0.15) is 18.1 Å². The summed E-state index contributed by atoms with van der Waals surface area (Å²) in [6, 6.07) is 14.4. The van der Waals surface area contributed by atoms with Gasteiger partial charge in [-0.2, -0.15) is 0 Å². The van der Waals surface area contributed by atoms with Crippen LogP contribution in [0.2, 0.25) is 5.02 Å². The van der Waals surface area contributed by atoms with Crippen LogP contribution in [0, 0.1) is 0 Å². The minimum atomic E-state index is 0.618. The Morgan fingerprint density at radius 3 is 2.26 bits per heavy atom. The predicted octanol–water partition coefficient (Wildman–Crippen LogP) is 4.12. The molecule has 2 rings (SSSR count). The molecule has 2 aromatic rings. The summed E-state index contributed by atoms with van der Waals surface area (Å²) < 4.78 is 0. The number of nitrogen functional groups attached to an aromatic ring is 1. The molecule has 0 unspecified atom stereocenters. The molecule has 0 spiro atoms. The van der Waals surface area contributed by atoms with Crippen molar-refractivity contribution in [3.63, 3.8) is 0 Å². The molecule has 0 amide bonds. The first-order valence-corrected chi connectivity index (χ1v) is 6.82. The number of hydrogen-bond acceptors (Lipinski definition) is 2. The quantitative estimate of drug-likeness (QED) is 0.850. The molecular formula is C16H19ClN2. The number of aryl methyl sites for hydroxylation is 1. The van der Waals surface area contributed by atoms with Crippen LogP contribution in [0.25, 0.3) is 0 Å². The van der Waals surface area contributed by atoms with E-state index >= 15 is 0 Å². The van der Waals surface area contributed by atoms with E-state index in [2.05, 4.69) is 43.1 Å². The van der Waals surface area contributed by atoms with Crippen LogP contribution in [0.4, 0.5) is 11.4 Å². The Morgan fingerprint density at radius 1 is 1.05 bits per heavy atom. The number of nitrogens with two attached hydrogens (primary N) is 1. The number of halogens is 1. The zero-order valence-corrected chi connectivity index (χ0v) is 12.1. The third kappa shape index (κ3) is 3.42. The van der Waals surface area contributed by atoms with Crippen LogP contribution in [0.3, 0.4) is 0 Å². The van der Waals surface area contributed by atoms with E-state index in [4.69, 9.17) is 17.3 Å². The molecule has 0 radical (unpaired) electrons. The highest BCUT2D eigenvalue weighted by Crippen LogP contribution is 2.22. The second kappa shape index (κ2) is 5.98. The molecule has 0 saturated carbocycles. The lowest BCUT2D eigenvalue weighted by molar-refractivity contribution is 0.922. The Bertz CT molecular complexity index is 549. The van der Waals surface area contributed by atoms with E-state index < -0.39 is 0 Å². The first-order chi connectivity index (χ1) is 9.10. The second-order valence-electron chi connectivity index (χ2n) is 4.73. The number of benzene rings is 2. The third-order valence-corrected chi connectivity index (χ3v) is 3.60. The van der Waals surface area contributed by atoms with Crippen molar-refractivity contribution >= 4 is 23.0 Å². The van der Waals surface area contributed by atoms with Crippen molar-refractivity contribution in [3.05, 3.63) is 58.6 Å². The lowest BCUT2D eigenvalue weighted by Gasteiger charge is -2.20. The van der Waals surface area contributed by atoms with Crippen molar-refractivity contribution in [2.45, 2.75) is 19.9 Å². The Kier molecular flexibility index (Phi) is 4.33. The van der Waals surface area contributed by atoms with Crippen LogP contribution in [0.5, 0.6) is 0 Å². The molecule has 0 aromatic heterocycles. The lowest BCUT2D eigenvalue weighted by Crippen LogP contribution is -2.16. The van der Waals surface area contributed by atoms with Gasteiger partial charge in [0.1, 0.15) is 0 Å². The van der Waals surface area contributed by atoms with Crippen molar-refractivity contribution in [3.8, 4) is 0 Å². The second-order valence-corrected chi connectivity index (χ2v) is 5.14.